The van der Waals surface area contributed by atoms with Crippen LogP contribution in [0.5, 0.6) is 0 Å². The zero-order valence-corrected chi connectivity index (χ0v) is 24.1. The van der Waals surface area contributed by atoms with Gasteiger partial charge in [0.2, 0.25) is 17.7 Å². The van der Waals surface area contributed by atoms with Crippen molar-refractivity contribution in [2.24, 2.45) is 17.3 Å². The maximum Gasteiger partial charge on any atom is 0.242 e. The first kappa shape index (κ1) is 29.3. The molecule has 8 heteroatoms. The lowest BCUT2D eigenvalue weighted by Crippen LogP contribution is -2.57. The number of piperidine rings is 1. The van der Waals surface area contributed by atoms with Crippen molar-refractivity contribution < 1.29 is 19.1 Å². The van der Waals surface area contributed by atoms with Crippen LogP contribution in [0, 0.1) is 31.1 Å². The Labute approximate surface area is 233 Å². The molecule has 0 saturated carbocycles. The predicted octanol–water partition coefficient (Wildman–Crippen LogP) is 3.73. The van der Waals surface area contributed by atoms with E-state index in [-0.39, 0.29) is 35.6 Å². The van der Waals surface area contributed by atoms with Gasteiger partial charge < -0.3 is 20.7 Å². The molecule has 8 nitrogen and oxygen atoms in total. The number of ether oxygens (including phenoxy) is 1. The summed E-state index contributed by atoms with van der Waals surface area (Å²) in [5, 5.41) is 9.43. The van der Waals surface area contributed by atoms with Gasteiger partial charge in [-0.05, 0) is 83.0 Å². The Balaban J connectivity index is 1.44. The first-order valence-corrected chi connectivity index (χ1v) is 14.6. The summed E-state index contributed by atoms with van der Waals surface area (Å²) in [6.45, 7) is 11.1. The van der Waals surface area contributed by atoms with Crippen molar-refractivity contribution in [2.75, 3.05) is 38.2 Å². The van der Waals surface area contributed by atoms with Gasteiger partial charge in [-0.2, -0.15) is 0 Å². The summed E-state index contributed by atoms with van der Waals surface area (Å²) in [7, 11) is 0. The third-order valence-corrected chi connectivity index (χ3v) is 8.56. The fourth-order valence-corrected chi connectivity index (χ4v) is 6.11. The van der Waals surface area contributed by atoms with Crippen LogP contribution in [0.15, 0.2) is 30.4 Å². The maximum absolute atomic E-state index is 13.8. The lowest BCUT2D eigenvalue weighted by molar-refractivity contribution is -0.138. The Bertz CT molecular complexity index is 1060. The second kappa shape index (κ2) is 13.1. The molecule has 3 heterocycles. The van der Waals surface area contributed by atoms with E-state index in [9.17, 15) is 14.4 Å². The highest BCUT2D eigenvalue weighted by molar-refractivity contribution is 5.93. The van der Waals surface area contributed by atoms with E-state index in [1.54, 1.807) is 0 Å². The van der Waals surface area contributed by atoms with Crippen molar-refractivity contribution in [3.63, 3.8) is 0 Å². The number of likely N-dealkylation sites (tertiary alicyclic amines) is 1. The van der Waals surface area contributed by atoms with Crippen LogP contribution in [-0.2, 0) is 19.1 Å². The number of hydrogen-bond acceptors (Lipinski definition) is 5. The second-order valence-corrected chi connectivity index (χ2v) is 12.2. The molecule has 214 valence electrons. The summed E-state index contributed by atoms with van der Waals surface area (Å²) in [6.07, 6.45) is 8.44. The minimum Gasteiger partial charge on any atom is -0.381 e. The number of carbonyl (C=O) groups is 3. The molecule has 3 N–H and O–H groups in total. The number of anilines is 1. The first-order chi connectivity index (χ1) is 18.6. The van der Waals surface area contributed by atoms with Gasteiger partial charge in [0, 0.05) is 24.3 Å². The monoisotopic (exact) mass is 538 g/mol. The number of hydrogen-bond donors (Lipinski definition) is 3. The summed E-state index contributed by atoms with van der Waals surface area (Å²) in [5.41, 5.74) is 2.46. The molecule has 0 radical (unpaired) electrons. The number of nitrogens with one attached hydrogen (secondary N) is 3. The Morgan fingerprint density at radius 2 is 1.92 bits per heavy atom. The van der Waals surface area contributed by atoms with Crippen molar-refractivity contribution in [2.45, 2.75) is 78.3 Å². The summed E-state index contributed by atoms with van der Waals surface area (Å²) in [6, 6.07) is 5.51. The van der Waals surface area contributed by atoms with Crippen LogP contribution in [0.25, 0.3) is 0 Å². The van der Waals surface area contributed by atoms with Crippen LogP contribution in [-0.4, -0.2) is 67.6 Å². The van der Waals surface area contributed by atoms with Gasteiger partial charge in [-0.3, -0.25) is 19.3 Å². The zero-order chi connectivity index (χ0) is 28.0. The first-order valence-electron chi connectivity index (χ1n) is 14.6. The highest BCUT2D eigenvalue weighted by Gasteiger charge is 2.42. The number of nitrogens with zero attached hydrogens (tertiary/aromatic N) is 1. The number of fused-ring (bicyclic) bond motifs is 1. The molecule has 0 bridgehead atoms. The molecule has 1 aromatic rings. The molecule has 3 amide bonds. The molecule has 2 fully saturated rings. The van der Waals surface area contributed by atoms with Gasteiger partial charge in [-0.15, -0.1) is 0 Å². The maximum atomic E-state index is 13.8. The largest absolute Gasteiger partial charge is 0.381 e. The van der Waals surface area contributed by atoms with Gasteiger partial charge in [-0.1, -0.05) is 43.7 Å². The summed E-state index contributed by atoms with van der Waals surface area (Å²) in [4.78, 5) is 42.1. The lowest BCUT2D eigenvalue weighted by Gasteiger charge is -2.41. The average Bonchev–Trinajstić information content (AvgIpc) is 2.89. The van der Waals surface area contributed by atoms with Crippen LogP contribution >= 0.6 is 0 Å². The van der Waals surface area contributed by atoms with Crippen molar-refractivity contribution >= 4 is 23.4 Å². The van der Waals surface area contributed by atoms with E-state index < -0.39 is 11.5 Å². The number of allylic oxidation sites excluding steroid dienone is 2. The molecular formula is C31H46N4O4. The lowest BCUT2D eigenvalue weighted by atomic mass is 9.74. The van der Waals surface area contributed by atoms with Gasteiger partial charge in [0.1, 0.15) is 6.04 Å². The molecule has 1 spiro atoms. The van der Waals surface area contributed by atoms with Gasteiger partial charge in [-0.25, -0.2) is 0 Å². The van der Waals surface area contributed by atoms with Gasteiger partial charge in [0.05, 0.1) is 18.6 Å². The van der Waals surface area contributed by atoms with E-state index >= 15 is 0 Å². The molecule has 0 unspecified atom stereocenters. The van der Waals surface area contributed by atoms with E-state index in [1.165, 1.54) is 0 Å². The SMILES string of the molecule is Cc1ccc(NC(=O)CN2CCC3(C/C=C\C[C@@H]4COCC[C@@H]4NC(=O)[C@@H](CC(C)C)NC3=O)CC2)c(C)c1. The quantitative estimate of drug-likeness (QED) is 0.496. The Morgan fingerprint density at radius 1 is 1.15 bits per heavy atom. The van der Waals surface area contributed by atoms with E-state index in [2.05, 4.69) is 52.9 Å². The second-order valence-electron chi connectivity index (χ2n) is 12.2. The zero-order valence-electron chi connectivity index (χ0n) is 24.1. The molecule has 2 saturated heterocycles. The van der Waals surface area contributed by atoms with E-state index in [0.717, 1.165) is 29.7 Å². The Kier molecular flexibility index (Phi) is 9.83. The smallest absolute Gasteiger partial charge is 0.242 e. The van der Waals surface area contributed by atoms with Crippen LogP contribution < -0.4 is 16.0 Å². The van der Waals surface area contributed by atoms with E-state index in [0.29, 0.717) is 58.5 Å². The third-order valence-electron chi connectivity index (χ3n) is 8.56. The van der Waals surface area contributed by atoms with Gasteiger partial charge in [0.15, 0.2) is 0 Å². The van der Waals surface area contributed by atoms with E-state index in [4.69, 9.17) is 4.74 Å². The van der Waals surface area contributed by atoms with Crippen LogP contribution in [0.1, 0.15) is 63.5 Å². The molecule has 3 atom stereocenters. The fraction of sp³-hybridized carbons (Fsp3) is 0.645. The van der Waals surface area contributed by atoms with Crippen molar-refractivity contribution in [1.29, 1.82) is 0 Å². The predicted molar refractivity (Wildman–Crippen MR) is 153 cm³/mol. The topological polar surface area (TPSA) is 99.8 Å². The molecule has 39 heavy (non-hydrogen) atoms. The number of rotatable bonds is 5. The summed E-state index contributed by atoms with van der Waals surface area (Å²) in [5.74, 6) is 0.333. The molecule has 3 aliphatic rings. The molecule has 0 aliphatic carbocycles. The van der Waals surface area contributed by atoms with Crippen LogP contribution in [0.4, 0.5) is 5.69 Å². The third kappa shape index (κ3) is 7.70. The van der Waals surface area contributed by atoms with Gasteiger partial charge >= 0.3 is 0 Å². The highest BCUT2D eigenvalue weighted by Crippen LogP contribution is 2.37. The minimum absolute atomic E-state index is 0.0427. The van der Waals surface area contributed by atoms with Crippen molar-refractivity contribution in [1.82, 2.24) is 15.5 Å². The average molecular weight is 539 g/mol. The normalized spacial score (nSPS) is 27.1. The molecule has 4 rings (SSSR count). The summed E-state index contributed by atoms with van der Waals surface area (Å²) >= 11 is 0. The fourth-order valence-electron chi connectivity index (χ4n) is 6.11. The van der Waals surface area contributed by atoms with Crippen LogP contribution in [0.3, 0.4) is 0 Å². The molecule has 0 aromatic heterocycles. The Morgan fingerprint density at radius 3 is 2.64 bits per heavy atom. The molecular weight excluding hydrogens is 492 g/mol. The number of carbonyl (C=O) groups excluding carboxylic acids is 3. The number of aryl methyl sites for hydroxylation is 2. The molecule has 1 aromatic carbocycles. The van der Waals surface area contributed by atoms with Gasteiger partial charge in [0.25, 0.3) is 0 Å². The minimum atomic E-state index is -0.589. The van der Waals surface area contributed by atoms with E-state index in [1.807, 2.05) is 26.0 Å². The molecule has 3 aliphatic heterocycles. The standard InChI is InChI=1S/C31H46N4O4/c1-21(2)17-27-29(37)33-26-10-16-39-20-24(26)7-5-6-11-31(30(38)34-27)12-14-35(15-13-31)19-28(36)32-25-9-8-22(3)18-23(25)4/h5-6,8-9,18,21,24,26-27H,7,10-17,19-20H2,1-4H3,(H,32,36)(H,33,37)(H,34,38)/b6-5-/t24-,26+,27-/m1/s1. The summed E-state index contributed by atoms with van der Waals surface area (Å²) < 4.78 is 5.72. The number of amides is 3. The van der Waals surface area contributed by atoms with Crippen LogP contribution in [0.2, 0.25) is 0 Å². The van der Waals surface area contributed by atoms with Crippen molar-refractivity contribution in [3.05, 3.63) is 41.5 Å². The highest BCUT2D eigenvalue weighted by atomic mass is 16.5. The Hall–Kier alpha value is -2.71. The number of benzene rings is 1. The van der Waals surface area contributed by atoms with Crippen molar-refractivity contribution in [3.8, 4) is 0 Å².